The number of esters is 1. The molecule has 3 saturated heterocycles. The summed E-state index contributed by atoms with van der Waals surface area (Å²) in [5, 5.41) is 24.4. The van der Waals surface area contributed by atoms with Crippen LogP contribution in [0.25, 0.3) is 0 Å². The molecule has 5 heterocycles. The van der Waals surface area contributed by atoms with Crippen LogP contribution >= 0.6 is 0 Å². The fourth-order valence-corrected chi connectivity index (χ4v) is 11.0. The zero-order chi connectivity index (χ0) is 44.5. The molecule has 4 aromatic carbocycles. The third-order valence-electron chi connectivity index (χ3n) is 13.9. The SMILES string of the molecule is O=C1O[C@H](c2ccccc2)[C@H](c2ccccc2)N2[C@H]1[C@@H](C(=O)N1CCN(c3ncccn3)CC1)[C@]1(C(=O)Nc3ccc(C#CC4(O)CCCCCC4)cc31)[C@H]2c1ccc(OCCO)cc1. The average Bonchev–Trinajstić information content (AvgIpc) is 3.71. The number of anilines is 2. The Labute approximate surface area is 378 Å². The number of aromatic nitrogens is 2. The minimum Gasteiger partial charge on any atom is -0.491 e. The van der Waals surface area contributed by atoms with Crippen LogP contribution in [-0.2, 0) is 24.5 Å². The van der Waals surface area contributed by atoms with Crippen LogP contribution in [0.15, 0.2) is 122 Å². The van der Waals surface area contributed by atoms with Gasteiger partial charge in [-0.3, -0.25) is 19.3 Å². The number of amides is 2. The predicted molar refractivity (Wildman–Crippen MR) is 242 cm³/mol. The van der Waals surface area contributed by atoms with Gasteiger partial charge in [-0.05, 0) is 84.3 Å². The van der Waals surface area contributed by atoms with Gasteiger partial charge in [0.15, 0.2) is 0 Å². The molecule has 10 rings (SSSR count). The van der Waals surface area contributed by atoms with Crippen LogP contribution < -0.4 is 15.0 Å². The van der Waals surface area contributed by atoms with Crippen molar-refractivity contribution in [1.29, 1.82) is 0 Å². The lowest BCUT2D eigenvalue weighted by molar-refractivity contribution is -0.179. The lowest BCUT2D eigenvalue weighted by Crippen LogP contribution is -2.58. The Bertz CT molecular complexity index is 2590. The van der Waals surface area contributed by atoms with Crippen molar-refractivity contribution in [2.75, 3.05) is 49.6 Å². The van der Waals surface area contributed by atoms with Crippen LogP contribution in [0, 0.1) is 17.8 Å². The van der Waals surface area contributed by atoms with Crippen LogP contribution in [0.3, 0.4) is 0 Å². The highest BCUT2D eigenvalue weighted by atomic mass is 16.6. The van der Waals surface area contributed by atoms with Crippen molar-refractivity contribution < 1.29 is 34.1 Å². The summed E-state index contributed by atoms with van der Waals surface area (Å²) in [4.78, 5) is 61.7. The molecule has 1 saturated carbocycles. The van der Waals surface area contributed by atoms with E-state index in [2.05, 4.69) is 32.0 Å². The van der Waals surface area contributed by atoms with Gasteiger partial charge in [0.2, 0.25) is 17.8 Å². The lowest BCUT2D eigenvalue weighted by Gasteiger charge is -2.46. The van der Waals surface area contributed by atoms with Gasteiger partial charge in [-0.2, -0.15) is 0 Å². The zero-order valence-corrected chi connectivity index (χ0v) is 36.1. The van der Waals surface area contributed by atoms with Crippen molar-refractivity contribution >= 4 is 29.4 Å². The summed E-state index contributed by atoms with van der Waals surface area (Å²) in [7, 11) is 0. The summed E-state index contributed by atoms with van der Waals surface area (Å²) < 4.78 is 12.4. The number of aliphatic hydroxyl groups excluding tert-OH is 1. The number of aliphatic hydroxyl groups is 2. The molecule has 1 aromatic heterocycles. The topological polar surface area (TPSA) is 158 Å². The molecule has 1 aliphatic carbocycles. The number of morpholine rings is 1. The quantitative estimate of drug-likeness (QED) is 0.0969. The number of ether oxygens (including phenoxy) is 2. The molecule has 0 unspecified atom stereocenters. The van der Waals surface area contributed by atoms with Crippen LogP contribution in [0.2, 0.25) is 0 Å². The molecule has 3 N–H and O–H groups in total. The first-order valence-corrected chi connectivity index (χ1v) is 22.7. The van der Waals surface area contributed by atoms with Gasteiger partial charge in [0.05, 0.1) is 24.6 Å². The number of piperazine rings is 1. The average molecular weight is 873 g/mol. The largest absolute Gasteiger partial charge is 0.491 e. The van der Waals surface area contributed by atoms with Crippen molar-refractivity contribution in [3.8, 4) is 17.6 Å². The number of carbonyl (C=O) groups excluding carboxylic acids is 3. The molecule has 4 fully saturated rings. The van der Waals surface area contributed by atoms with E-state index in [4.69, 9.17) is 9.47 Å². The fraction of sp³-hybridized carbons (Fsp3) is 0.365. The summed E-state index contributed by atoms with van der Waals surface area (Å²) in [5.74, 6) is 4.96. The molecular weight excluding hydrogens is 821 g/mol. The molecule has 2 amide bonds. The molecule has 0 radical (unpaired) electrons. The number of hydrogen-bond acceptors (Lipinski definition) is 11. The van der Waals surface area contributed by atoms with Crippen LogP contribution in [0.4, 0.5) is 11.6 Å². The maximum absolute atomic E-state index is 16.0. The van der Waals surface area contributed by atoms with E-state index in [1.807, 2.05) is 95.9 Å². The number of hydrogen-bond donors (Lipinski definition) is 3. The van der Waals surface area contributed by atoms with E-state index < -0.39 is 53.0 Å². The summed E-state index contributed by atoms with van der Waals surface area (Å²) in [6.07, 6.45) is 7.61. The number of nitrogens with zero attached hydrogens (tertiary/aromatic N) is 5. The number of rotatable bonds is 8. The Balaban J connectivity index is 1.18. The van der Waals surface area contributed by atoms with E-state index in [0.29, 0.717) is 73.1 Å². The molecule has 5 aliphatic rings. The molecule has 1 spiro atoms. The summed E-state index contributed by atoms with van der Waals surface area (Å²) in [6.45, 7) is 1.43. The molecule has 4 aliphatic heterocycles. The van der Waals surface area contributed by atoms with Crippen molar-refractivity contribution in [1.82, 2.24) is 19.8 Å². The lowest BCUT2D eigenvalue weighted by atomic mass is 9.65. The molecule has 5 aromatic rings. The highest BCUT2D eigenvalue weighted by Crippen LogP contribution is 2.65. The van der Waals surface area contributed by atoms with E-state index in [9.17, 15) is 10.2 Å². The number of cyclic esters (lactones) is 1. The van der Waals surface area contributed by atoms with Crippen molar-refractivity contribution in [3.05, 3.63) is 149 Å². The van der Waals surface area contributed by atoms with Crippen molar-refractivity contribution in [2.45, 2.75) is 73.8 Å². The Hall–Kier alpha value is -6.59. The van der Waals surface area contributed by atoms with Gasteiger partial charge < -0.3 is 34.8 Å². The molecular formula is C52H52N6O7. The Morgan fingerprint density at radius 1 is 0.800 bits per heavy atom. The molecule has 13 nitrogen and oxygen atoms in total. The van der Waals surface area contributed by atoms with Gasteiger partial charge in [0.1, 0.15) is 35.5 Å². The summed E-state index contributed by atoms with van der Waals surface area (Å²) in [5.41, 5.74) is 1.13. The van der Waals surface area contributed by atoms with E-state index in [1.54, 1.807) is 35.5 Å². The third-order valence-corrected chi connectivity index (χ3v) is 13.9. The van der Waals surface area contributed by atoms with E-state index in [0.717, 1.165) is 36.8 Å². The van der Waals surface area contributed by atoms with Crippen LogP contribution in [0.1, 0.15) is 84.5 Å². The van der Waals surface area contributed by atoms with Gasteiger partial charge >= 0.3 is 5.97 Å². The smallest absolute Gasteiger partial charge is 0.324 e. The van der Waals surface area contributed by atoms with Crippen molar-refractivity contribution in [2.24, 2.45) is 5.92 Å². The number of carbonyl (C=O) groups is 3. The zero-order valence-electron chi connectivity index (χ0n) is 36.1. The highest BCUT2D eigenvalue weighted by Gasteiger charge is 2.74. The second-order valence-corrected chi connectivity index (χ2v) is 17.7. The molecule has 13 heteroatoms. The normalized spacial score (nSPS) is 26.0. The first-order chi connectivity index (χ1) is 31.8. The predicted octanol–water partition coefficient (Wildman–Crippen LogP) is 5.90. The minimum absolute atomic E-state index is 0.0938. The first-order valence-electron chi connectivity index (χ1n) is 22.7. The van der Waals surface area contributed by atoms with E-state index >= 15 is 14.4 Å². The monoisotopic (exact) mass is 872 g/mol. The highest BCUT2D eigenvalue weighted by molar-refractivity contribution is 6.12. The van der Waals surface area contributed by atoms with Crippen LogP contribution in [-0.4, -0.2) is 98.8 Å². The number of benzene rings is 4. The van der Waals surface area contributed by atoms with Gasteiger partial charge in [-0.1, -0.05) is 97.5 Å². The minimum atomic E-state index is -1.70. The third kappa shape index (κ3) is 7.69. The van der Waals surface area contributed by atoms with Gasteiger partial charge in [0, 0.05) is 49.8 Å². The Morgan fingerprint density at radius 3 is 2.15 bits per heavy atom. The molecule has 6 atom stereocenters. The van der Waals surface area contributed by atoms with Gasteiger partial charge in [-0.25, -0.2) is 9.97 Å². The Morgan fingerprint density at radius 2 is 1.48 bits per heavy atom. The summed E-state index contributed by atoms with van der Waals surface area (Å²) in [6, 6.07) is 31.3. The maximum Gasteiger partial charge on any atom is 0.324 e. The van der Waals surface area contributed by atoms with Gasteiger partial charge in [0.25, 0.3) is 0 Å². The summed E-state index contributed by atoms with van der Waals surface area (Å²) >= 11 is 0. The standard InChI is InChI=1S/C52H52N6O7/c59-32-33-64-39-19-17-38(18-20-39)46-52(40-34-35(16-21-41(40)55-49(52)62)22-25-51(63)23-9-1-2-10-24-51)42(47(60)56-28-30-57(31-29-56)50-53-26-11-27-54-50)44-48(61)65-45(37-14-7-4-8-15-37)43(58(44)46)36-12-5-3-6-13-36/h3-8,11-21,26-27,34,42-46,59,63H,1-2,9-10,23-24,28-33H2,(H,55,62)/t42-,43-,44-,45+,46+,52-/m0/s1. The number of fused-ring (bicyclic) bond motifs is 3. The maximum atomic E-state index is 16.0. The Kier molecular flexibility index (Phi) is 11.6. The fourth-order valence-electron chi connectivity index (χ4n) is 11.0. The number of nitrogens with one attached hydrogen (secondary N) is 1. The molecule has 65 heavy (non-hydrogen) atoms. The molecule has 0 bridgehead atoms. The molecule has 332 valence electrons. The van der Waals surface area contributed by atoms with Gasteiger partial charge in [-0.15, -0.1) is 0 Å². The van der Waals surface area contributed by atoms with E-state index in [-0.39, 0.29) is 19.1 Å². The second kappa shape index (κ2) is 17.8. The second-order valence-electron chi connectivity index (χ2n) is 17.7. The van der Waals surface area contributed by atoms with Crippen molar-refractivity contribution in [3.63, 3.8) is 0 Å². The first kappa shape index (κ1) is 42.4. The van der Waals surface area contributed by atoms with Crippen LogP contribution in [0.5, 0.6) is 5.75 Å². The van der Waals surface area contributed by atoms with E-state index in [1.165, 1.54) is 0 Å².